The van der Waals surface area contributed by atoms with Crippen molar-refractivity contribution < 1.29 is 28.3 Å². The molecular formula is C29H25N3O8S. The van der Waals surface area contributed by atoms with Crippen LogP contribution in [0, 0.1) is 10.1 Å². The topological polar surface area (TPSA) is 135 Å². The Morgan fingerprint density at radius 3 is 2.56 bits per heavy atom. The maximum Gasteiger partial charge on any atom is 0.338 e. The fourth-order valence-electron chi connectivity index (χ4n) is 4.60. The minimum Gasteiger partial charge on any atom is -0.497 e. The molecular weight excluding hydrogens is 550 g/mol. The first-order valence-electron chi connectivity index (χ1n) is 12.5. The lowest BCUT2D eigenvalue weighted by Gasteiger charge is -2.24. The second-order valence-corrected chi connectivity index (χ2v) is 9.93. The van der Waals surface area contributed by atoms with Gasteiger partial charge in [-0.15, -0.1) is 0 Å². The molecule has 0 fully saturated rings. The smallest absolute Gasteiger partial charge is 0.338 e. The van der Waals surface area contributed by atoms with Crippen LogP contribution in [0.3, 0.4) is 0 Å². The van der Waals surface area contributed by atoms with Gasteiger partial charge in [0.15, 0.2) is 4.80 Å². The SMILES string of the molecule is CCOC(=O)C1=C(C)N=c2sc(=Cc3ccc(-c4cc([N+](=O)[O-])ccc4OC)o3)c(=O)n2C1c1ccc(OC)cc1. The zero-order valence-corrected chi connectivity index (χ0v) is 23.4. The largest absolute Gasteiger partial charge is 0.497 e. The number of thiazole rings is 1. The molecule has 0 amide bonds. The fourth-order valence-corrected chi connectivity index (χ4v) is 5.63. The van der Waals surface area contributed by atoms with Gasteiger partial charge in [-0.05, 0) is 49.7 Å². The van der Waals surface area contributed by atoms with Crippen molar-refractivity contribution in [2.24, 2.45) is 4.99 Å². The molecule has 0 N–H and O–H groups in total. The van der Waals surface area contributed by atoms with Crippen molar-refractivity contribution in [2.45, 2.75) is 19.9 Å². The summed E-state index contributed by atoms with van der Waals surface area (Å²) in [6.07, 6.45) is 1.58. The Labute approximate surface area is 237 Å². The summed E-state index contributed by atoms with van der Waals surface area (Å²) < 4.78 is 23.7. The molecule has 4 aromatic rings. The number of furan rings is 1. The summed E-state index contributed by atoms with van der Waals surface area (Å²) in [6, 6.07) is 13.9. The second kappa shape index (κ2) is 11.3. The van der Waals surface area contributed by atoms with E-state index < -0.39 is 16.9 Å². The number of aromatic nitrogens is 1. The third kappa shape index (κ3) is 5.16. The van der Waals surface area contributed by atoms with Crippen LogP contribution in [0.15, 0.2) is 80.1 Å². The van der Waals surface area contributed by atoms with Crippen molar-refractivity contribution >= 4 is 29.1 Å². The highest BCUT2D eigenvalue weighted by atomic mass is 32.1. The zero-order chi connectivity index (χ0) is 29.3. The molecule has 210 valence electrons. The number of carbonyl (C=O) groups is 1. The Bertz CT molecular complexity index is 1860. The summed E-state index contributed by atoms with van der Waals surface area (Å²) in [5.41, 5.74) is 1.34. The zero-order valence-electron chi connectivity index (χ0n) is 22.6. The van der Waals surface area contributed by atoms with Crippen LogP contribution in [-0.2, 0) is 9.53 Å². The number of rotatable bonds is 8. The number of benzene rings is 2. The highest BCUT2D eigenvalue weighted by Gasteiger charge is 2.33. The van der Waals surface area contributed by atoms with Crippen molar-refractivity contribution in [3.63, 3.8) is 0 Å². The van der Waals surface area contributed by atoms with Crippen molar-refractivity contribution in [2.75, 3.05) is 20.8 Å². The number of ether oxygens (including phenoxy) is 3. The fraction of sp³-hybridized carbons (Fsp3) is 0.207. The van der Waals surface area contributed by atoms with E-state index in [0.29, 0.717) is 49.2 Å². The summed E-state index contributed by atoms with van der Waals surface area (Å²) in [4.78, 5) is 42.6. The third-order valence-electron chi connectivity index (χ3n) is 6.51. The predicted molar refractivity (Wildman–Crippen MR) is 151 cm³/mol. The van der Waals surface area contributed by atoms with Crippen molar-refractivity contribution in [3.05, 3.63) is 107 Å². The maximum absolute atomic E-state index is 13.8. The lowest BCUT2D eigenvalue weighted by atomic mass is 9.96. The molecule has 1 unspecified atom stereocenters. The van der Waals surface area contributed by atoms with Gasteiger partial charge in [0.2, 0.25) is 0 Å². The molecule has 1 aliphatic heterocycles. The summed E-state index contributed by atoms with van der Waals surface area (Å²) in [6.45, 7) is 3.60. The molecule has 41 heavy (non-hydrogen) atoms. The van der Waals surface area contributed by atoms with Crippen LogP contribution >= 0.6 is 11.3 Å². The number of allylic oxidation sites excluding steroid dienone is 1. The Kier molecular flexibility index (Phi) is 7.58. The van der Waals surface area contributed by atoms with E-state index in [9.17, 15) is 19.7 Å². The van der Waals surface area contributed by atoms with E-state index in [1.165, 1.54) is 29.9 Å². The predicted octanol–water partition coefficient (Wildman–Crippen LogP) is 3.98. The van der Waals surface area contributed by atoms with Crippen molar-refractivity contribution in [1.82, 2.24) is 4.57 Å². The minimum absolute atomic E-state index is 0.113. The van der Waals surface area contributed by atoms with E-state index >= 15 is 0 Å². The Morgan fingerprint density at radius 2 is 1.90 bits per heavy atom. The van der Waals surface area contributed by atoms with Crippen LogP contribution < -0.4 is 24.4 Å². The molecule has 12 heteroatoms. The monoisotopic (exact) mass is 575 g/mol. The molecule has 0 spiro atoms. The quantitative estimate of drug-likeness (QED) is 0.175. The van der Waals surface area contributed by atoms with Crippen LogP contribution in [0.1, 0.15) is 31.2 Å². The molecule has 1 aliphatic rings. The van der Waals surface area contributed by atoms with E-state index in [2.05, 4.69) is 4.99 Å². The average Bonchev–Trinajstić information content (AvgIpc) is 3.56. The normalized spacial score (nSPS) is 14.8. The van der Waals surface area contributed by atoms with Gasteiger partial charge >= 0.3 is 5.97 Å². The standard InChI is InChI=1S/C29H25N3O8S/c1-5-39-28(34)25-16(2)30-29-31(26(25)17-6-9-19(37-3)10-7-17)27(33)24(41-29)15-20-11-13-23(40-20)21-14-18(32(35)36)8-12-22(21)38-4/h6-15,26H,5H2,1-4H3. The van der Waals surface area contributed by atoms with E-state index in [4.69, 9.17) is 18.6 Å². The van der Waals surface area contributed by atoms with Crippen molar-refractivity contribution in [1.29, 1.82) is 0 Å². The second-order valence-electron chi connectivity index (χ2n) is 8.92. The van der Waals surface area contributed by atoms with Gasteiger partial charge in [-0.3, -0.25) is 19.5 Å². The maximum atomic E-state index is 13.8. The number of non-ortho nitro benzene ring substituents is 1. The molecule has 0 bridgehead atoms. The van der Waals surface area contributed by atoms with Gasteiger partial charge < -0.3 is 18.6 Å². The number of esters is 1. The molecule has 5 rings (SSSR count). The molecule has 2 aromatic carbocycles. The minimum atomic E-state index is -0.764. The van der Waals surface area contributed by atoms with E-state index in [0.717, 1.165) is 11.3 Å². The lowest BCUT2D eigenvalue weighted by molar-refractivity contribution is -0.384. The summed E-state index contributed by atoms with van der Waals surface area (Å²) in [5.74, 6) is 1.17. The van der Waals surface area contributed by atoms with Gasteiger partial charge in [0.05, 0.1) is 53.2 Å². The summed E-state index contributed by atoms with van der Waals surface area (Å²) in [5, 5.41) is 11.3. The molecule has 0 saturated heterocycles. The van der Waals surface area contributed by atoms with Gasteiger partial charge in [0.25, 0.3) is 11.2 Å². The molecule has 0 aliphatic carbocycles. The van der Waals surface area contributed by atoms with Crippen LogP contribution in [0.4, 0.5) is 5.69 Å². The van der Waals surface area contributed by atoms with Gasteiger partial charge in [0, 0.05) is 18.2 Å². The van der Waals surface area contributed by atoms with Gasteiger partial charge in [-0.25, -0.2) is 9.79 Å². The summed E-state index contributed by atoms with van der Waals surface area (Å²) >= 11 is 1.16. The Hall–Kier alpha value is -4.97. The number of nitro benzene ring substituents is 1. The number of hydrogen-bond donors (Lipinski definition) is 0. The molecule has 11 nitrogen and oxygen atoms in total. The Morgan fingerprint density at radius 1 is 1.15 bits per heavy atom. The first-order valence-corrected chi connectivity index (χ1v) is 13.3. The molecule has 1 atom stereocenters. The molecule has 2 aromatic heterocycles. The van der Waals surface area contributed by atoms with Crippen LogP contribution in [0.5, 0.6) is 11.5 Å². The van der Waals surface area contributed by atoms with E-state index in [-0.39, 0.29) is 23.4 Å². The lowest BCUT2D eigenvalue weighted by Crippen LogP contribution is -2.39. The van der Waals surface area contributed by atoms with E-state index in [1.54, 1.807) is 63.4 Å². The van der Waals surface area contributed by atoms with Gasteiger partial charge in [0.1, 0.15) is 23.0 Å². The highest BCUT2D eigenvalue weighted by Crippen LogP contribution is 2.35. The average molecular weight is 576 g/mol. The highest BCUT2D eigenvalue weighted by molar-refractivity contribution is 7.07. The van der Waals surface area contributed by atoms with Gasteiger partial charge in [-0.1, -0.05) is 23.5 Å². The van der Waals surface area contributed by atoms with Crippen LogP contribution in [0.25, 0.3) is 17.4 Å². The molecule has 0 radical (unpaired) electrons. The Balaban J connectivity index is 1.62. The number of methoxy groups -OCH3 is 2. The molecule has 3 heterocycles. The van der Waals surface area contributed by atoms with Crippen LogP contribution in [0.2, 0.25) is 0 Å². The number of nitrogens with zero attached hydrogens (tertiary/aromatic N) is 3. The first-order chi connectivity index (χ1) is 19.7. The number of nitro groups is 1. The van der Waals surface area contributed by atoms with Crippen LogP contribution in [-0.4, -0.2) is 36.3 Å². The third-order valence-corrected chi connectivity index (χ3v) is 7.49. The number of carbonyl (C=O) groups excluding carboxylic acids is 1. The van der Waals surface area contributed by atoms with Gasteiger partial charge in [-0.2, -0.15) is 0 Å². The number of fused-ring (bicyclic) bond motifs is 1. The van der Waals surface area contributed by atoms with E-state index in [1.807, 2.05) is 0 Å². The van der Waals surface area contributed by atoms with Crippen molar-refractivity contribution in [3.8, 4) is 22.8 Å². The summed E-state index contributed by atoms with van der Waals surface area (Å²) in [7, 11) is 3.02. The first kappa shape index (κ1) is 27.6. The number of hydrogen-bond acceptors (Lipinski definition) is 10. The molecule has 0 saturated carbocycles.